The zero-order valence-corrected chi connectivity index (χ0v) is 13.2. The summed E-state index contributed by atoms with van der Waals surface area (Å²) in [6.45, 7) is 2.26. The number of nitrogens with zero attached hydrogens (tertiary/aromatic N) is 2. The van der Waals surface area contributed by atoms with Crippen molar-refractivity contribution in [2.45, 2.75) is 42.2 Å². The lowest BCUT2D eigenvalue weighted by atomic mass is 9.81. The predicted molar refractivity (Wildman–Crippen MR) is 86.0 cm³/mol. The van der Waals surface area contributed by atoms with E-state index in [0.717, 1.165) is 28.6 Å². The zero-order valence-electron chi connectivity index (χ0n) is 11.6. The van der Waals surface area contributed by atoms with Crippen LogP contribution in [-0.4, -0.2) is 10.2 Å². The molecule has 1 fully saturated rings. The predicted octanol–water partition coefficient (Wildman–Crippen LogP) is 5.11. The Hall–Kier alpha value is -1.05. The monoisotopic (exact) mass is 302 g/mol. The first-order valence-corrected chi connectivity index (χ1v) is 8.91. The van der Waals surface area contributed by atoms with E-state index in [4.69, 9.17) is 4.98 Å². The molecule has 0 amide bonds. The molecule has 1 aliphatic rings. The van der Waals surface area contributed by atoms with E-state index in [0.29, 0.717) is 5.25 Å². The summed E-state index contributed by atoms with van der Waals surface area (Å²) < 4.78 is 2.36. The van der Waals surface area contributed by atoms with Gasteiger partial charge in [0.2, 0.25) is 0 Å². The summed E-state index contributed by atoms with van der Waals surface area (Å²) in [6, 6.07) is 10.8. The average molecular weight is 302 g/mol. The highest BCUT2D eigenvalue weighted by Gasteiger charge is 2.31. The third-order valence-electron chi connectivity index (χ3n) is 4.17. The molecule has 4 heteroatoms. The summed E-state index contributed by atoms with van der Waals surface area (Å²) in [5, 5.41) is 9.77. The summed E-state index contributed by atoms with van der Waals surface area (Å²) in [6.07, 6.45) is 4.66. The quantitative estimate of drug-likeness (QED) is 0.790. The fourth-order valence-corrected chi connectivity index (χ4v) is 5.56. The molecule has 2 nitrogen and oxygen atoms in total. The highest BCUT2D eigenvalue weighted by atomic mass is 32.2. The fourth-order valence-electron chi connectivity index (χ4n) is 2.89. The van der Waals surface area contributed by atoms with Crippen molar-refractivity contribution in [3.05, 3.63) is 24.3 Å². The van der Waals surface area contributed by atoms with Crippen molar-refractivity contribution in [2.24, 2.45) is 11.8 Å². The van der Waals surface area contributed by atoms with Crippen LogP contribution in [0.2, 0.25) is 0 Å². The molecule has 0 radical (unpaired) electrons. The first-order valence-electron chi connectivity index (χ1n) is 7.22. The Kier molecular flexibility index (Phi) is 4.28. The maximum atomic E-state index is 9.36. The van der Waals surface area contributed by atoms with Gasteiger partial charge in [-0.3, -0.25) is 0 Å². The number of aromatic nitrogens is 1. The summed E-state index contributed by atoms with van der Waals surface area (Å²) in [4.78, 5) is 4.70. The van der Waals surface area contributed by atoms with Crippen LogP contribution in [0.5, 0.6) is 0 Å². The van der Waals surface area contributed by atoms with Crippen LogP contribution < -0.4 is 0 Å². The molecule has 1 aromatic carbocycles. The number of hydrogen-bond acceptors (Lipinski definition) is 4. The van der Waals surface area contributed by atoms with Crippen molar-refractivity contribution in [3.63, 3.8) is 0 Å². The molecule has 0 aliphatic heterocycles. The normalized spacial score (nSPS) is 26.5. The lowest BCUT2D eigenvalue weighted by Gasteiger charge is -2.31. The first kappa shape index (κ1) is 13.9. The van der Waals surface area contributed by atoms with Gasteiger partial charge >= 0.3 is 0 Å². The minimum atomic E-state index is 0.190. The third kappa shape index (κ3) is 2.84. The minimum absolute atomic E-state index is 0.190. The van der Waals surface area contributed by atoms with E-state index >= 15 is 0 Å². The third-order valence-corrected chi connectivity index (χ3v) is 6.66. The summed E-state index contributed by atoms with van der Waals surface area (Å²) in [7, 11) is 0. The second kappa shape index (κ2) is 6.15. The van der Waals surface area contributed by atoms with E-state index in [1.54, 1.807) is 11.3 Å². The van der Waals surface area contributed by atoms with Crippen LogP contribution in [0.3, 0.4) is 0 Å². The molecule has 0 N–H and O–H groups in total. The number of fused-ring (bicyclic) bond motifs is 1. The van der Waals surface area contributed by atoms with Gasteiger partial charge in [-0.05, 0) is 37.3 Å². The van der Waals surface area contributed by atoms with Gasteiger partial charge in [0.15, 0.2) is 4.34 Å². The highest BCUT2D eigenvalue weighted by Crippen LogP contribution is 2.42. The zero-order chi connectivity index (χ0) is 13.9. The molecular weight excluding hydrogens is 284 g/mol. The van der Waals surface area contributed by atoms with Crippen molar-refractivity contribution in [3.8, 4) is 6.07 Å². The van der Waals surface area contributed by atoms with E-state index in [-0.39, 0.29) is 5.92 Å². The molecular formula is C16H18N2S2. The van der Waals surface area contributed by atoms with Gasteiger partial charge in [-0.25, -0.2) is 4.98 Å². The smallest absolute Gasteiger partial charge is 0.151 e. The molecule has 1 heterocycles. The number of rotatable bonds is 3. The molecule has 1 aliphatic carbocycles. The second-order valence-electron chi connectivity index (χ2n) is 5.43. The summed E-state index contributed by atoms with van der Waals surface area (Å²) in [5.41, 5.74) is 1.08. The number of thiazole rings is 1. The van der Waals surface area contributed by atoms with E-state index in [1.165, 1.54) is 17.5 Å². The number of nitriles is 1. The van der Waals surface area contributed by atoms with Crippen LogP contribution >= 0.6 is 23.1 Å². The first-order chi connectivity index (χ1) is 9.80. The van der Waals surface area contributed by atoms with Gasteiger partial charge < -0.3 is 0 Å². The van der Waals surface area contributed by atoms with E-state index in [2.05, 4.69) is 31.2 Å². The Bertz CT molecular complexity index is 596. The van der Waals surface area contributed by atoms with E-state index in [9.17, 15) is 5.26 Å². The van der Waals surface area contributed by atoms with Crippen LogP contribution in [0, 0.1) is 23.2 Å². The van der Waals surface area contributed by atoms with Crippen LogP contribution in [0.15, 0.2) is 28.6 Å². The molecule has 1 aromatic heterocycles. The Labute approximate surface area is 128 Å². The second-order valence-corrected chi connectivity index (χ2v) is 7.94. The van der Waals surface area contributed by atoms with Gasteiger partial charge in [-0.2, -0.15) is 5.26 Å². The molecule has 1 saturated carbocycles. The van der Waals surface area contributed by atoms with Gasteiger partial charge in [0.25, 0.3) is 0 Å². The Morgan fingerprint density at radius 1 is 1.40 bits per heavy atom. The van der Waals surface area contributed by atoms with Crippen molar-refractivity contribution < 1.29 is 0 Å². The Morgan fingerprint density at radius 2 is 2.25 bits per heavy atom. The van der Waals surface area contributed by atoms with Crippen molar-refractivity contribution in [1.82, 2.24) is 4.98 Å². The molecule has 104 valence electrons. The Morgan fingerprint density at radius 3 is 3.00 bits per heavy atom. The topological polar surface area (TPSA) is 36.7 Å². The molecule has 0 spiro atoms. The lowest BCUT2D eigenvalue weighted by molar-refractivity contribution is 0.317. The minimum Gasteiger partial charge on any atom is -0.230 e. The number of para-hydroxylation sites is 1. The van der Waals surface area contributed by atoms with Gasteiger partial charge in [-0.15, -0.1) is 11.3 Å². The summed E-state index contributed by atoms with van der Waals surface area (Å²) >= 11 is 3.58. The van der Waals surface area contributed by atoms with Crippen LogP contribution in [0.4, 0.5) is 0 Å². The molecule has 3 unspecified atom stereocenters. The largest absolute Gasteiger partial charge is 0.230 e. The maximum Gasteiger partial charge on any atom is 0.151 e. The lowest BCUT2D eigenvalue weighted by Crippen LogP contribution is -2.25. The highest BCUT2D eigenvalue weighted by molar-refractivity contribution is 8.01. The average Bonchev–Trinajstić information content (AvgIpc) is 2.89. The Balaban J connectivity index is 1.79. The van der Waals surface area contributed by atoms with Crippen LogP contribution in [0.25, 0.3) is 10.2 Å². The van der Waals surface area contributed by atoms with E-state index in [1.807, 2.05) is 17.8 Å². The molecule has 20 heavy (non-hydrogen) atoms. The molecule has 3 atom stereocenters. The maximum absolute atomic E-state index is 9.36. The number of hydrogen-bond donors (Lipinski definition) is 0. The fraction of sp³-hybridized carbons (Fsp3) is 0.500. The molecule has 0 saturated heterocycles. The van der Waals surface area contributed by atoms with Gasteiger partial charge in [0.1, 0.15) is 0 Å². The number of thioether (sulfide) groups is 1. The van der Waals surface area contributed by atoms with Gasteiger partial charge in [0, 0.05) is 5.25 Å². The van der Waals surface area contributed by atoms with Gasteiger partial charge in [0.05, 0.1) is 22.2 Å². The van der Waals surface area contributed by atoms with Crippen LogP contribution in [-0.2, 0) is 0 Å². The molecule has 2 aromatic rings. The standard InChI is InChI=1S/C16H18N2S2/c1-2-11-7-8-12(10-17)15(9-11)20-16-18-13-5-3-4-6-14(13)19-16/h3-6,11-12,15H,2,7-9H2,1H3. The van der Waals surface area contributed by atoms with Crippen molar-refractivity contribution in [1.29, 1.82) is 5.26 Å². The SMILES string of the molecule is CCC1CCC(C#N)C(Sc2nc3ccccc3s2)C1. The summed E-state index contributed by atoms with van der Waals surface area (Å²) in [5.74, 6) is 0.973. The van der Waals surface area contributed by atoms with Gasteiger partial charge in [-0.1, -0.05) is 37.2 Å². The van der Waals surface area contributed by atoms with Crippen molar-refractivity contribution in [2.75, 3.05) is 0 Å². The van der Waals surface area contributed by atoms with E-state index < -0.39 is 0 Å². The molecule has 0 bridgehead atoms. The van der Waals surface area contributed by atoms with Crippen molar-refractivity contribution >= 4 is 33.3 Å². The molecule has 3 rings (SSSR count). The van der Waals surface area contributed by atoms with Crippen LogP contribution in [0.1, 0.15) is 32.6 Å². The number of benzene rings is 1.